The normalized spacial score (nSPS) is 14.5. The van der Waals surface area contributed by atoms with Crippen molar-refractivity contribution in [3.63, 3.8) is 0 Å². The number of rotatable bonds is 14. The van der Waals surface area contributed by atoms with Crippen LogP contribution in [-0.4, -0.2) is 50.8 Å². The first-order valence-electron chi connectivity index (χ1n) is 6.88. The average Bonchev–Trinajstić information content (AvgIpc) is 2.40. The standard InChI is InChI=1S/C13H28S6/c1-12(3-8-17-10-6-15)19-13(2-5-14)4-9-18-11-7-16/h12-16H,2-11H2,1H3. The van der Waals surface area contributed by atoms with Gasteiger partial charge in [-0.15, -0.1) is 0 Å². The molecule has 0 spiro atoms. The molecule has 116 valence electrons. The molecule has 0 aliphatic carbocycles. The molecule has 2 atom stereocenters. The molecule has 0 nitrogen and oxygen atoms in total. The second-order valence-corrected chi connectivity index (χ2v) is 9.86. The topological polar surface area (TPSA) is 0 Å². The summed E-state index contributed by atoms with van der Waals surface area (Å²) in [5.74, 6) is 7.91. The molecule has 0 saturated carbocycles. The van der Waals surface area contributed by atoms with E-state index in [1.165, 1.54) is 42.3 Å². The van der Waals surface area contributed by atoms with Crippen LogP contribution in [-0.2, 0) is 0 Å². The van der Waals surface area contributed by atoms with Crippen LogP contribution in [0.4, 0.5) is 0 Å². The van der Waals surface area contributed by atoms with Crippen LogP contribution in [0.3, 0.4) is 0 Å². The van der Waals surface area contributed by atoms with Crippen molar-refractivity contribution >= 4 is 73.2 Å². The molecule has 0 aliphatic heterocycles. The van der Waals surface area contributed by atoms with Crippen LogP contribution in [0.25, 0.3) is 0 Å². The SMILES string of the molecule is CC(CCSCCS)SC(CCS)CCSCCS. The molecule has 0 radical (unpaired) electrons. The predicted molar refractivity (Wildman–Crippen MR) is 111 cm³/mol. The Balaban J connectivity index is 3.70. The highest BCUT2D eigenvalue weighted by Gasteiger charge is 2.13. The Labute approximate surface area is 149 Å². The maximum absolute atomic E-state index is 4.40. The van der Waals surface area contributed by atoms with E-state index in [2.05, 4.69) is 56.6 Å². The van der Waals surface area contributed by atoms with E-state index >= 15 is 0 Å². The lowest BCUT2D eigenvalue weighted by molar-refractivity contribution is 0.793. The Hall–Kier alpha value is 2.10. The van der Waals surface area contributed by atoms with Crippen LogP contribution >= 0.6 is 73.2 Å². The van der Waals surface area contributed by atoms with Crippen molar-refractivity contribution in [2.24, 2.45) is 0 Å². The van der Waals surface area contributed by atoms with Crippen LogP contribution in [0.15, 0.2) is 0 Å². The van der Waals surface area contributed by atoms with Crippen molar-refractivity contribution in [2.45, 2.75) is 36.7 Å². The maximum Gasteiger partial charge on any atom is 0.00653 e. The predicted octanol–water partition coefficient (Wildman–Crippen LogP) is 4.90. The molecule has 0 heterocycles. The summed E-state index contributed by atoms with van der Waals surface area (Å²) < 4.78 is 0. The maximum atomic E-state index is 4.40. The Kier molecular flexibility index (Phi) is 18.3. The molecule has 6 heteroatoms. The van der Waals surface area contributed by atoms with Gasteiger partial charge in [-0.2, -0.15) is 73.2 Å². The largest absolute Gasteiger partial charge is 0.179 e. The molecule has 0 saturated heterocycles. The molecule has 0 aromatic heterocycles. The lowest BCUT2D eigenvalue weighted by Gasteiger charge is -2.20. The van der Waals surface area contributed by atoms with Gasteiger partial charge >= 0.3 is 0 Å². The zero-order chi connectivity index (χ0) is 14.3. The third-order valence-corrected chi connectivity index (χ3v) is 7.50. The van der Waals surface area contributed by atoms with E-state index in [-0.39, 0.29) is 0 Å². The second kappa shape index (κ2) is 16.5. The Morgan fingerprint density at radius 1 is 0.737 bits per heavy atom. The number of hydrogen-bond acceptors (Lipinski definition) is 6. The van der Waals surface area contributed by atoms with Crippen LogP contribution < -0.4 is 0 Å². The molecule has 0 N–H and O–H groups in total. The van der Waals surface area contributed by atoms with Gasteiger partial charge in [-0.3, -0.25) is 0 Å². The number of hydrogen-bond donors (Lipinski definition) is 3. The molecule has 19 heavy (non-hydrogen) atoms. The monoisotopic (exact) mass is 376 g/mol. The van der Waals surface area contributed by atoms with Crippen LogP contribution in [0.5, 0.6) is 0 Å². The summed E-state index contributed by atoms with van der Waals surface area (Å²) in [7, 11) is 0. The van der Waals surface area contributed by atoms with Crippen molar-refractivity contribution < 1.29 is 0 Å². The van der Waals surface area contributed by atoms with E-state index in [0.717, 1.165) is 27.8 Å². The van der Waals surface area contributed by atoms with E-state index in [1.54, 1.807) is 0 Å². The van der Waals surface area contributed by atoms with Gasteiger partial charge in [-0.25, -0.2) is 0 Å². The first-order chi connectivity index (χ1) is 9.24. The van der Waals surface area contributed by atoms with E-state index in [4.69, 9.17) is 0 Å². The summed E-state index contributed by atoms with van der Waals surface area (Å²) in [4.78, 5) is 0. The molecule has 0 fully saturated rings. The lowest BCUT2D eigenvalue weighted by Crippen LogP contribution is -2.11. The van der Waals surface area contributed by atoms with Gasteiger partial charge in [0, 0.05) is 22.0 Å². The summed E-state index contributed by atoms with van der Waals surface area (Å²) in [6.07, 6.45) is 3.87. The highest BCUT2D eigenvalue weighted by atomic mass is 32.2. The van der Waals surface area contributed by atoms with Gasteiger partial charge in [0.25, 0.3) is 0 Å². The van der Waals surface area contributed by atoms with Gasteiger partial charge in [0.05, 0.1) is 0 Å². The summed E-state index contributed by atoms with van der Waals surface area (Å²) in [6, 6.07) is 0. The Bertz CT molecular complexity index is 179. The number of thioether (sulfide) groups is 3. The quantitative estimate of drug-likeness (QED) is 0.291. The van der Waals surface area contributed by atoms with Crippen LogP contribution in [0, 0.1) is 0 Å². The summed E-state index contributed by atoms with van der Waals surface area (Å²) in [6.45, 7) is 2.37. The zero-order valence-electron chi connectivity index (χ0n) is 11.8. The molecule has 0 aliphatic rings. The van der Waals surface area contributed by atoms with E-state index in [1.807, 2.05) is 23.5 Å². The second-order valence-electron chi connectivity index (χ2n) is 4.33. The summed E-state index contributed by atoms with van der Waals surface area (Å²) in [5.41, 5.74) is 0. The minimum absolute atomic E-state index is 0.771. The van der Waals surface area contributed by atoms with E-state index < -0.39 is 0 Å². The third kappa shape index (κ3) is 14.8. The van der Waals surface area contributed by atoms with E-state index in [0.29, 0.717) is 0 Å². The zero-order valence-corrected chi connectivity index (χ0v) is 16.9. The highest BCUT2D eigenvalue weighted by molar-refractivity contribution is 8.01. The van der Waals surface area contributed by atoms with Gasteiger partial charge in [0.1, 0.15) is 0 Å². The fourth-order valence-corrected chi connectivity index (χ4v) is 6.23. The van der Waals surface area contributed by atoms with Crippen LogP contribution in [0.1, 0.15) is 26.2 Å². The molecule has 0 aromatic carbocycles. The van der Waals surface area contributed by atoms with Gasteiger partial charge in [0.15, 0.2) is 0 Å². The van der Waals surface area contributed by atoms with E-state index in [9.17, 15) is 0 Å². The Morgan fingerprint density at radius 3 is 1.84 bits per heavy atom. The molecular formula is C13H28S6. The molecule has 2 unspecified atom stereocenters. The van der Waals surface area contributed by atoms with Crippen molar-refractivity contribution in [3.8, 4) is 0 Å². The number of thiol groups is 3. The molecule has 0 aromatic rings. The minimum Gasteiger partial charge on any atom is -0.179 e. The van der Waals surface area contributed by atoms with Crippen molar-refractivity contribution in [2.75, 3.05) is 40.3 Å². The fourth-order valence-electron chi connectivity index (χ4n) is 1.62. The van der Waals surface area contributed by atoms with Gasteiger partial charge in [-0.05, 0) is 48.0 Å². The molecule has 0 amide bonds. The fraction of sp³-hybridized carbons (Fsp3) is 1.00. The lowest BCUT2D eigenvalue weighted by atomic mass is 10.3. The van der Waals surface area contributed by atoms with Gasteiger partial charge < -0.3 is 0 Å². The van der Waals surface area contributed by atoms with Crippen molar-refractivity contribution in [1.29, 1.82) is 0 Å². The molecule has 0 bridgehead atoms. The summed E-state index contributed by atoms with van der Waals surface area (Å²) in [5, 5.41) is 1.56. The van der Waals surface area contributed by atoms with Crippen LogP contribution in [0.2, 0.25) is 0 Å². The minimum atomic E-state index is 0.771. The van der Waals surface area contributed by atoms with Gasteiger partial charge in [0.2, 0.25) is 0 Å². The first kappa shape index (κ1) is 21.1. The molecule has 0 rings (SSSR count). The average molecular weight is 377 g/mol. The summed E-state index contributed by atoms with van der Waals surface area (Å²) >= 11 is 19.1. The Morgan fingerprint density at radius 2 is 1.32 bits per heavy atom. The highest BCUT2D eigenvalue weighted by Crippen LogP contribution is 2.27. The molecular weight excluding hydrogens is 349 g/mol. The third-order valence-electron chi connectivity index (χ3n) is 2.60. The van der Waals surface area contributed by atoms with Crippen molar-refractivity contribution in [3.05, 3.63) is 0 Å². The smallest absolute Gasteiger partial charge is 0.00653 e. The van der Waals surface area contributed by atoms with Crippen molar-refractivity contribution in [1.82, 2.24) is 0 Å². The van der Waals surface area contributed by atoms with Gasteiger partial charge in [-0.1, -0.05) is 6.92 Å². The first-order valence-corrected chi connectivity index (χ1v) is 12.0.